The first-order valence-corrected chi connectivity index (χ1v) is 14.9. The van der Waals surface area contributed by atoms with Crippen molar-refractivity contribution in [2.45, 2.75) is 25.4 Å². The molecule has 0 saturated carbocycles. The number of carbonyl (C=O) groups is 2. The number of morpholine rings is 1. The molecule has 45 heavy (non-hydrogen) atoms. The van der Waals surface area contributed by atoms with Crippen LogP contribution in [0.15, 0.2) is 66.7 Å². The van der Waals surface area contributed by atoms with E-state index in [1.54, 1.807) is 12.1 Å². The third-order valence-corrected chi connectivity index (χ3v) is 8.12. The topological polar surface area (TPSA) is 80.8 Å². The molecule has 1 aromatic heterocycles. The monoisotopic (exact) mass is 635 g/mol. The Bertz CT molecular complexity index is 1780. The SMILES string of the molecule is O=C(COC(=O)c1c2c(nc3ccccc13)/C(=C\c1ccc(Cl)cc1)CCC2)Nc1cc(C(F)(F)F)ccc1N1CCOCC1. The van der Waals surface area contributed by atoms with Crippen LogP contribution in [0.5, 0.6) is 0 Å². The van der Waals surface area contributed by atoms with Crippen LogP contribution in [0.25, 0.3) is 22.6 Å². The summed E-state index contributed by atoms with van der Waals surface area (Å²) in [7, 11) is 0. The van der Waals surface area contributed by atoms with Crippen molar-refractivity contribution in [3.05, 3.63) is 99.7 Å². The van der Waals surface area contributed by atoms with Gasteiger partial charge in [0, 0.05) is 23.5 Å². The van der Waals surface area contributed by atoms with Gasteiger partial charge in [0.05, 0.1) is 46.9 Å². The van der Waals surface area contributed by atoms with Crippen molar-refractivity contribution < 1.29 is 32.2 Å². The fourth-order valence-corrected chi connectivity index (χ4v) is 5.88. The predicted octanol–water partition coefficient (Wildman–Crippen LogP) is 7.42. The molecule has 0 spiro atoms. The molecule has 3 aromatic carbocycles. The molecule has 1 N–H and O–H groups in total. The fraction of sp³-hybridized carbons (Fsp3) is 0.265. The molecule has 0 atom stereocenters. The van der Waals surface area contributed by atoms with Crippen molar-refractivity contribution in [1.29, 1.82) is 0 Å². The van der Waals surface area contributed by atoms with Crippen LogP contribution >= 0.6 is 11.6 Å². The number of alkyl halides is 3. The van der Waals surface area contributed by atoms with Crippen LogP contribution in [0.4, 0.5) is 24.5 Å². The molecule has 2 aliphatic rings. The molecule has 1 aliphatic heterocycles. The van der Waals surface area contributed by atoms with Crippen molar-refractivity contribution in [1.82, 2.24) is 4.98 Å². The summed E-state index contributed by atoms with van der Waals surface area (Å²) in [6, 6.07) is 17.9. The van der Waals surface area contributed by atoms with Crippen LogP contribution in [0, 0.1) is 0 Å². The minimum atomic E-state index is -4.60. The molecule has 1 fully saturated rings. The predicted molar refractivity (Wildman–Crippen MR) is 167 cm³/mol. The Labute approximate surface area is 262 Å². The average molecular weight is 636 g/mol. The lowest BCUT2D eigenvalue weighted by Crippen LogP contribution is -2.37. The maximum Gasteiger partial charge on any atom is 0.416 e. The molecule has 0 radical (unpaired) electrons. The zero-order valence-electron chi connectivity index (χ0n) is 24.1. The summed E-state index contributed by atoms with van der Waals surface area (Å²) in [5.41, 5.74) is 3.80. The van der Waals surface area contributed by atoms with Gasteiger partial charge in [-0.1, -0.05) is 41.9 Å². The van der Waals surface area contributed by atoms with Crippen molar-refractivity contribution in [2.24, 2.45) is 0 Å². The number of allylic oxidation sites excluding steroid dienone is 1. The molecule has 0 unspecified atom stereocenters. The normalized spacial score (nSPS) is 16.0. The van der Waals surface area contributed by atoms with E-state index in [2.05, 4.69) is 5.32 Å². The highest BCUT2D eigenvalue weighted by Gasteiger charge is 2.32. The molecule has 0 bridgehead atoms. The third kappa shape index (κ3) is 6.82. The molecule has 4 aromatic rings. The number of para-hydroxylation sites is 1. The van der Waals surface area contributed by atoms with Gasteiger partial charge in [0.2, 0.25) is 0 Å². The number of anilines is 2. The first kappa shape index (κ1) is 30.6. The van der Waals surface area contributed by atoms with E-state index in [1.807, 2.05) is 47.4 Å². The van der Waals surface area contributed by atoms with E-state index in [9.17, 15) is 22.8 Å². The number of esters is 1. The Morgan fingerprint density at radius 1 is 1.02 bits per heavy atom. The molecular formula is C34H29ClF3N3O4. The van der Waals surface area contributed by atoms with Gasteiger partial charge >= 0.3 is 12.1 Å². The summed E-state index contributed by atoms with van der Waals surface area (Å²) in [5, 5.41) is 3.76. The average Bonchev–Trinajstić information content (AvgIpc) is 3.04. The number of nitrogens with zero attached hydrogens (tertiary/aromatic N) is 2. The zero-order valence-corrected chi connectivity index (χ0v) is 24.9. The van der Waals surface area contributed by atoms with Gasteiger partial charge in [-0.3, -0.25) is 4.79 Å². The van der Waals surface area contributed by atoms with Crippen molar-refractivity contribution in [3.8, 4) is 0 Å². The Morgan fingerprint density at radius 2 is 1.78 bits per heavy atom. The van der Waals surface area contributed by atoms with E-state index in [1.165, 1.54) is 6.07 Å². The number of halogens is 4. The first-order valence-electron chi connectivity index (χ1n) is 14.6. The fourth-order valence-electron chi connectivity index (χ4n) is 5.75. The first-order chi connectivity index (χ1) is 21.7. The number of aromatic nitrogens is 1. The lowest BCUT2D eigenvalue weighted by molar-refractivity contribution is -0.137. The summed E-state index contributed by atoms with van der Waals surface area (Å²) < 4.78 is 51.4. The van der Waals surface area contributed by atoms with E-state index >= 15 is 0 Å². The highest BCUT2D eigenvalue weighted by atomic mass is 35.5. The lowest BCUT2D eigenvalue weighted by Gasteiger charge is -2.31. The minimum Gasteiger partial charge on any atom is -0.452 e. The minimum absolute atomic E-state index is 0.0171. The number of pyridine rings is 1. The number of benzene rings is 3. The molecule has 11 heteroatoms. The second-order valence-electron chi connectivity index (χ2n) is 10.9. The number of amides is 1. The van der Waals surface area contributed by atoms with Crippen molar-refractivity contribution in [2.75, 3.05) is 43.1 Å². The maximum atomic E-state index is 13.7. The molecular weight excluding hydrogens is 607 g/mol. The van der Waals surface area contributed by atoms with Crippen LogP contribution in [-0.2, 0) is 26.9 Å². The van der Waals surface area contributed by atoms with E-state index < -0.39 is 30.2 Å². The molecule has 1 aliphatic carbocycles. The Hall–Kier alpha value is -4.41. The quantitative estimate of drug-likeness (QED) is 0.222. The highest BCUT2D eigenvalue weighted by molar-refractivity contribution is 6.30. The van der Waals surface area contributed by atoms with Gasteiger partial charge < -0.3 is 19.7 Å². The Balaban J connectivity index is 1.27. The van der Waals surface area contributed by atoms with Crippen LogP contribution in [0.3, 0.4) is 0 Å². The molecule has 2 heterocycles. The number of fused-ring (bicyclic) bond motifs is 2. The summed E-state index contributed by atoms with van der Waals surface area (Å²) in [5.74, 6) is -1.46. The standard InChI is InChI=1S/C34H29ClF3N3O4/c35-24-11-8-21(9-12-24)18-22-4-3-6-26-31(25-5-1-2-7-27(25)40-32(22)26)33(43)45-20-30(42)39-28-19-23(34(36,37)38)10-13-29(28)41-14-16-44-17-15-41/h1-2,5,7-13,18-19H,3-4,6,14-17,20H2,(H,39,42)/b22-18-. The van der Waals surface area contributed by atoms with E-state index in [0.29, 0.717) is 65.6 Å². The van der Waals surface area contributed by atoms with E-state index in [4.69, 9.17) is 26.1 Å². The smallest absolute Gasteiger partial charge is 0.416 e. The number of nitrogens with one attached hydrogen (secondary N) is 1. The number of rotatable bonds is 6. The van der Waals surface area contributed by atoms with Gasteiger partial charge in [-0.2, -0.15) is 13.2 Å². The number of ether oxygens (including phenoxy) is 2. The van der Waals surface area contributed by atoms with Gasteiger partial charge in [-0.15, -0.1) is 0 Å². The van der Waals surface area contributed by atoms with Gasteiger partial charge in [-0.05, 0) is 78.4 Å². The van der Waals surface area contributed by atoms with Gasteiger partial charge in [-0.25, -0.2) is 9.78 Å². The Morgan fingerprint density at radius 3 is 2.53 bits per heavy atom. The van der Waals surface area contributed by atoms with Crippen LogP contribution in [-0.4, -0.2) is 49.8 Å². The maximum absolute atomic E-state index is 13.7. The molecule has 6 rings (SSSR count). The Kier molecular flexibility index (Phi) is 8.78. The molecule has 7 nitrogen and oxygen atoms in total. The largest absolute Gasteiger partial charge is 0.452 e. The summed E-state index contributed by atoms with van der Waals surface area (Å²) >= 11 is 6.06. The number of carbonyl (C=O) groups excluding carboxylic acids is 2. The van der Waals surface area contributed by atoms with Crippen LogP contribution < -0.4 is 10.2 Å². The molecule has 1 saturated heterocycles. The third-order valence-electron chi connectivity index (χ3n) is 7.87. The van der Waals surface area contributed by atoms with E-state index in [-0.39, 0.29) is 5.69 Å². The molecule has 232 valence electrons. The van der Waals surface area contributed by atoms with Gasteiger partial charge in [0.25, 0.3) is 5.91 Å². The molecule has 1 amide bonds. The van der Waals surface area contributed by atoms with Crippen LogP contribution in [0.1, 0.15) is 45.6 Å². The summed E-state index contributed by atoms with van der Waals surface area (Å²) in [6.07, 6.45) is -0.431. The second-order valence-corrected chi connectivity index (χ2v) is 11.3. The summed E-state index contributed by atoms with van der Waals surface area (Å²) in [4.78, 5) is 33.4. The number of hydrogen-bond donors (Lipinski definition) is 1. The zero-order chi connectivity index (χ0) is 31.6. The van der Waals surface area contributed by atoms with Crippen LogP contribution in [0.2, 0.25) is 5.02 Å². The van der Waals surface area contributed by atoms with E-state index in [0.717, 1.165) is 41.7 Å². The van der Waals surface area contributed by atoms with Crippen molar-refractivity contribution in [3.63, 3.8) is 0 Å². The lowest BCUT2D eigenvalue weighted by atomic mass is 9.86. The summed E-state index contributed by atoms with van der Waals surface area (Å²) in [6.45, 7) is 1.05. The number of hydrogen-bond acceptors (Lipinski definition) is 6. The van der Waals surface area contributed by atoms with Gasteiger partial charge in [0.1, 0.15) is 0 Å². The second kappa shape index (κ2) is 12.9. The van der Waals surface area contributed by atoms with Gasteiger partial charge in [0.15, 0.2) is 6.61 Å². The highest BCUT2D eigenvalue weighted by Crippen LogP contribution is 2.38. The van der Waals surface area contributed by atoms with Crippen molar-refractivity contribution >= 4 is 57.4 Å².